The molecular formula is C19H20N2O2S2. The fourth-order valence-electron chi connectivity index (χ4n) is 2.41. The first-order valence-corrected chi connectivity index (χ1v) is 10.2. The Morgan fingerprint density at radius 3 is 2.76 bits per heavy atom. The number of rotatable bonds is 6. The molecule has 25 heavy (non-hydrogen) atoms. The van der Waals surface area contributed by atoms with Gasteiger partial charge in [-0.25, -0.2) is 0 Å². The third-order valence-electron chi connectivity index (χ3n) is 3.59. The molecule has 6 heteroatoms. The molecule has 0 bridgehead atoms. The number of anilines is 1. The van der Waals surface area contributed by atoms with Crippen LogP contribution in [-0.2, 0) is 5.75 Å². The van der Waals surface area contributed by atoms with Gasteiger partial charge >= 0.3 is 0 Å². The van der Waals surface area contributed by atoms with Gasteiger partial charge in [0.2, 0.25) is 0 Å². The SMILES string of the molecule is CCOc1ccc(NC(=O)c2ccccc2CSC2=NCCS2)cc1. The fourth-order valence-corrected chi connectivity index (χ4v) is 4.42. The molecule has 1 N–H and O–H groups in total. The summed E-state index contributed by atoms with van der Waals surface area (Å²) in [5.74, 6) is 2.51. The van der Waals surface area contributed by atoms with E-state index in [1.807, 2.05) is 55.5 Å². The Bertz CT molecular complexity index is 760. The summed E-state index contributed by atoms with van der Waals surface area (Å²) in [4.78, 5) is 17.1. The zero-order valence-corrected chi connectivity index (χ0v) is 15.7. The topological polar surface area (TPSA) is 50.7 Å². The first-order chi connectivity index (χ1) is 12.3. The summed E-state index contributed by atoms with van der Waals surface area (Å²) < 4.78 is 6.53. The van der Waals surface area contributed by atoms with Gasteiger partial charge in [0.05, 0.1) is 13.2 Å². The van der Waals surface area contributed by atoms with Crippen LogP contribution < -0.4 is 10.1 Å². The number of hydrogen-bond donors (Lipinski definition) is 1. The van der Waals surface area contributed by atoms with Crippen LogP contribution in [0.3, 0.4) is 0 Å². The van der Waals surface area contributed by atoms with Crippen LogP contribution in [0.1, 0.15) is 22.8 Å². The van der Waals surface area contributed by atoms with Crippen molar-refractivity contribution in [2.75, 3.05) is 24.2 Å². The molecule has 0 radical (unpaired) electrons. The quantitative estimate of drug-likeness (QED) is 0.800. The second kappa shape index (κ2) is 8.97. The van der Waals surface area contributed by atoms with Crippen LogP contribution in [0.2, 0.25) is 0 Å². The number of hydrogen-bond acceptors (Lipinski definition) is 5. The number of benzene rings is 2. The summed E-state index contributed by atoms with van der Waals surface area (Å²) in [6.45, 7) is 3.47. The maximum atomic E-state index is 12.7. The van der Waals surface area contributed by atoms with Crippen LogP contribution in [-0.4, -0.2) is 29.2 Å². The number of aliphatic imine (C=N–C) groups is 1. The molecule has 1 heterocycles. The Balaban J connectivity index is 1.66. The lowest BCUT2D eigenvalue weighted by atomic mass is 10.1. The van der Waals surface area contributed by atoms with E-state index in [0.717, 1.165) is 39.4 Å². The van der Waals surface area contributed by atoms with Crippen molar-refractivity contribution in [1.82, 2.24) is 0 Å². The molecule has 2 aromatic rings. The zero-order valence-electron chi connectivity index (χ0n) is 14.0. The fraction of sp³-hybridized carbons (Fsp3) is 0.263. The molecular weight excluding hydrogens is 352 g/mol. The van der Waals surface area contributed by atoms with Crippen molar-refractivity contribution in [2.24, 2.45) is 4.99 Å². The molecule has 130 valence electrons. The minimum absolute atomic E-state index is 0.0960. The smallest absolute Gasteiger partial charge is 0.255 e. The largest absolute Gasteiger partial charge is 0.494 e. The lowest BCUT2D eigenvalue weighted by Gasteiger charge is -2.11. The summed E-state index contributed by atoms with van der Waals surface area (Å²) in [6, 6.07) is 15.1. The van der Waals surface area contributed by atoms with Gasteiger partial charge in [0.25, 0.3) is 5.91 Å². The van der Waals surface area contributed by atoms with Crippen LogP contribution in [0.15, 0.2) is 53.5 Å². The minimum atomic E-state index is -0.0960. The molecule has 1 aliphatic heterocycles. The molecule has 1 amide bonds. The van der Waals surface area contributed by atoms with Crippen molar-refractivity contribution >= 4 is 39.5 Å². The van der Waals surface area contributed by atoms with Gasteiger partial charge in [0.15, 0.2) is 0 Å². The number of ether oxygens (including phenoxy) is 1. The molecule has 2 aromatic carbocycles. The summed E-state index contributed by atoms with van der Waals surface area (Å²) in [5, 5.41) is 2.96. The van der Waals surface area contributed by atoms with E-state index in [0.29, 0.717) is 12.2 Å². The Hall–Kier alpha value is -1.92. The predicted octanol–water partition coefficient (Wildman–Crippen LogP) is 4.67. The van der Waals surface area contributed by atoms with Crippen molar-refractivity contribution in [3.63, 3.8) is 0 Å². The van der Waals surface area contributed by atoms with E-state index in [1.54, 1.807) is 23.5 Å². The van der Waals surface area contributed by atoms with Crippen molar-refractivity contribution in [1.29, 1.82) is 0 Å². The summed E-state index contributed by atoms with van der Waals surface area (Å²) in [6.07, 6.45) is 0. The standard InChI is InChI=1S/C19H20N2O2S2/c1-2-23-16-9-7-15(8-10-16)21-18(22)17-6-4-3-5-14(17)13-25-19-20-11-12-24-19/h3-10H,2,11-13H2,1H3,(H,21,22). The zero-order chi connectivity index (χ0) is 17.5. The van der Waals surface area contributed by atoms with Gasteiger partial charge in [-0.3, -0.25) is 9.79 Å². The average Bonchev–Trinajstić information content (AvgIpc) is 3.16. The highest BCUT2D eigenvalue weighted by Gasteiger charge is 2.14. The molecule has 0 fully saturated rings. The number of carbonyl (C=O) groups excluding carboxylic acids is 1. The maximum absolute atomic E-state index is 12.7. The highest BCUT2D eigenvalue weighted by molar-refractivity contribution is 8.38. The number of nitrogens with zero attached hydrogens (tertiary/aromatic N) is 1. The molecule has 0 aromatic heterocycles. The first-order valence-electron chi connectivity index (χ1n) is 8.18. The van der Waals surface area contributed by atoms with Gasteiger partial charge in [-0.1, -0.05) is 41.7 Å². The van der Waals surface area contributed by atoms with E-state index >= 15 is 0 Å². The van der Waals surface area contributed by atoms with E-state index in [2.05, 4.69) is 10.3 Å². The van der Waals surface area contributed by atoms with E-state index in [1.165, 1.54) is 0 Å². The predicted molar refractivity (Wildman–Crippen MR) is 108 cm³/mol. The van der Waals surface area contributed by atoms with Crippen LogP contribution in [0.5, 0.6) is 5.75 Å². The summed E-state index contributed by atoms with van der Waals surface area (Å²) >= 11 is 3.48. The lowest BCUT2D eigenvalue weighted by molar-refractivity contribution is 0.102. The van der Waals surface area contributed by atoms with Crippen molar-refractivity contribution < 1.29 is 9.53 Å². The molecule has 3 rings (SSSR count). The molecule has 0 saturated heterocycles. The number of nitrogens with one attached hydrogen (secondary N) is 1. The number of thioether (sulfide) groups is 2. The van der Waals surface area contributed by atoms with Gasteiger partial charge in [-0.15, -0.1) is 0 Å². The van der Waals surface area contributed by atoms with Gasteiger partial charge < -0.3 is 10.1 Å². The molecule has 1 aliphatic rings. The van der Waals surface area contributed by atoms with Crippen LogP contribution in [0.4, 0.5) is 5.69 Å². The van der Waals surface area contributed by atoms with E-state index in [4.69, 9.17) is 4.74 Å². The molecule has 0 spiro atoms. The maximum Gasteiger partial charge on any atom is 0.255 e. The molecule has 0 atom stereocenters. The van der Waals surface area contributed by atoms with E-state index in [9.17, 15) is 4.79 Å². The lowest BCUT2D eigenvalue weighted by Crippen LogP contribution is -2.14. The highest BCUT2D eigenvalue weighted by Crippen LogP contribution is 2.27. The van der Waals surface area contributed by atoms with Gasteiger partial charge in [-0.2, -0.15) is 0 Å². The van der Waals surface area contributed by atoms with Gasteiger partial charge in [0, 0.05) is 22.8 Å². The Morgan fingerprint density at radius 2 is 2.04 bits per heavy atom. The molecule has 0 aliphatic carbocycles. The normalized spacial score (nSPS) is 13.4. The average molecular weight is 373 g/mol. The van der Waals surface area contributed by atoms with Crippen LogP contribution >= 0.6 is 23.5 Å². The van der Waals surface area contributed by atoms with Crippen molar-refractivity contribution in [3.05, 3.63) is 59.7 Å². The third kappa shape index (κ3) is 5.03. The molecule has 0 unspecified atom stereocenters. The minimum Gasteiger partial charge on any atom is -0.494 e. The molecule has 4 nitrogen and oxygen atoms in total. The Labute approximate surface area is 156 Å². The van der Waals surface area contributed by atoms with E-state index in [-0.39, 0.29) is 5.91 Å². The van der Waals surface area contributed by atoms with Crippen molar-refractivity contribution in [2.45, 2.75) is 12.7 Å². The number of carbonyl (C=O) groups is 1. The second-order valence-corrected chi connectivity index (χ2v) is 7.66. The number of amides is 1. The summed E-state index contributed by atoms with van der Waals surface area (Å²) in [7, 11) is 0. The second-order valence-electron chi connectivity index (χ2n) is 5.35. The van der Waals surface area contributed by atoms with Crippen LogP contribution in [0.25, 0.3) is 0 Å². The van der Waals surface area contributed by atoms with Gasteiger partial charge in [-0.05, 0) is 42.8 Å². The Kier molecular flexibility index (Phi) is 6.42. The van der Waals surface area contributed by atoms with Gasteiger partial charge in [0.1, 0.15) is 10.1 Å². The third-order valence-corrected chi connectivity index (χ3v) is 5.90. The van der Waals surface area contributed by atoms with Crippen molar-refractivity contribution in [3.8, 4) is 5.75 Å². The monoisotopic (exact) mass is 372 g/mol. The highest BCUT2D eigenvalue weighted by atomic mass is 32.2. The van der Waals surface area contributed by atoms with Crippen LogP contribution in [0, 0.1) is 0 Å². The first kappa shape index (κ1) is 17.9. The Morgan fingerprint density at radius 1 is 1.24 bits per heavy atom. The summed E-state index contributed by atoms with van der Waals surface area (Å²) in [5.41, 5.74) is 2.48. The van der Waals surface area contributed by atoms with E-state index < -0.39 is 0 Å². The molecule has 0 saturated carbocycles.